The van der Waals surface area contributed by atoms with Crippen LogP contribution < -0.4 is 9.47 Å². The van der Waals surface area contributed by atoms with E-state index in [9.17, 15) is 9.59 Å². The number of ether oxygens (including phenoxy) is 3. The van der Waals surface area contributed by atoms with Gasteiger partial charge in [0.15, 0.2) is 11.5 Å². The second kappa shape index (κ2) is 7.66. The maximum absolute atomic E-state index is 12.9. The molecule has 1 fully saturated rings. The van der Waals surface area contributed by atoms with Crippen molar-refractivity contribution in [3.8, 4) is 11.5 Å². The molecule has 2 aliphatic rings. The Morgan fingerprint density at radius 1 is 1.22 bits per heavy atom. The third-order valence-electron chi connectivity index (χ3n) is 4.73. The van der Waals surface area contributed by atoms with E-state index in [4.69, 9.17) is 14.2 Å². The van der Waals surface area contributed by atoms with E-state index in [0.29, 0.717) is 24.6 Å². The van der Waals surface area contributed by atoms with Gasteiger partial charge in [0.1, 0.15) is 12.2 Å². The van der Waals surface area contributed by atoms with Gasteiger partial charge in [-0.1, -0.05) is 12.1 Å². The summed E-state index contributed by atoms with van der Waals surface area (Å²) in [5, 5.41) is 0. The number of hydrogen-bond donors (Lipinski definition) is 0. The lowest BCUT2D eigenvalue weighted by atomic mass is 10.0. The number of piperidine rings is 1. The Hall–Kier alpha value is -2.44. The van der Waals surface area contributed by atoms with E-state index in [1.165, 1.54) is 0 Å². The minimum atomic E-state index is -0.679. The zero-order chi connectivity index (χ0) is 19.6. The van der Waals surface area contributed by atoms with Crippen LogP contribution in [0.15, 0.2) is 24.3 Å². The van der Waals surface area contributed by atoms with Gasteiger partial charge >= 0.3 is 6.09 Å². The van der Waals surface area contributed by atoms with Gasteiger partial charge in [-0.05, 0) is 45.7 Å². The predicted molar refractivity (Wildman–Crippen MR) is 100.0 cm³/mol. The molecule has 2 atom stereocenters. The fourth-order valence-corrected chi connectivity index (χ4v) is 3.31. The molecule has 0 aromatic heterocycles. The van der Waals surface area contributed by atoms with E-state index in [-0.39, 0.29) is 24.6 Å². The Kier molecular flexibility index (Phi) is 5.48. The summed E-state index contributed by atoms with van der Waals surface area (Å²) in [7, 11) is 1.76. The molecule has 0 N–H and O–H groups in total. The average molecular weight is 376 g/mol. The number of nitrogens with zero attached hydrogens (tertiary/aromatic N) is 2. The molecule has 0 bridgehead atoms. The first-order valence-electron chi connectivity index (χ1n) is 9.37. The van der Waals surface area contributed by atoms with Gasteiger partial charge in [0.25, 0.3) is 5.91 Å². The van der Waals surface area contributed by atoms with E-state index in [1.54, 1.807) is 22.9 Å². The number of likely N-dealkylation sites (N-methyl/N-ethyl adjacent to an activating group) is 1. The van der Waals surface area contributed by atoms with Crippen molar-refractivity contribution in [1.82, 2.24) is 9.80 Å². The number of likely N-dealkylation sites (tertiary alicyclic amines) is 1. The van der Waals surface area contributed by atoms with Crippen LogP contribution in [0.2, 0.25) is 0 Å². The van der Waals surface area contributed by atoms with Crippen molar-refractivity contribution in [2.45, 2.75) is 51.4 Å². The largest absolute Gasteiger partial charge is 0.485 e. The standard InChI is InChI=1S/C20H28N2O5/c1-20(2,3)27-19(24)22-11-7-8-14(12-22)21(4)18(23)17-13-25-15-9-5-6-10-16(15)26-17/h5-6,9-10,14,17H,7-8,11-13H2,1-4H3/t14-,17-/m1/s1. The van der Waals surface area contributed by atoms with E-state index in [1.807, 2.05) is 39.0 Å². The van der Waals surface area contributed by atoms with Gasteiger partial charge in [0.2, 0.25) is 6.10 Å². The van der Waals surface area contributed by atoms with Crippen molar-refractivity contribution in [3.05, 3.63) is 24.3 Å². The molecular formula is C20H28N2O5. The van der Waals surface area contributed by atoms with Crippen molar-refractivity contribution >= 4 is 12.0 Å². The summed E-state index contributed by atoms with van der Waals surface area (Å²) in [5.41, 5.74) is -0.535. The topological polar surface area (TPSA) is 68.3 Å². The minimum Gasteiger partial charge on any atom is -0.485 e. The van der Waals surface area contributed by atoms with Crippen LogP contribution in [0.25, 0.3) is 0 Å². The van der Waals surface area contributed by atoms with Crippen LogP contribution in [0.5, 0.6) is 11.5 Å². The molecule has 3 rings (SSSR count). The van der Waals surface area contributed by atoms with E-state index >= 15 is 0 Å². The predicted octanol–water partition coefficient (Wildman–Crippen LogP) is 2.68. The Labute approximate surface area is 160 Å². The van der Waals surface area contributed by atoms with Crippen molar-refractivity contribution in [2.24, 2.45) is 0 Å². The molecule has 1 aromatic carbocycles. The lowest BCUT2D eigenvalue weighted by molar-refractivity contribution is -0.143. The van der Waals surface area contributed by atoms with Crippen LogP contribution in [0.1, 0.15) is 33.6 Å². The summed E-state index contributed by atoms with van der Waals surface area (Å²) in [6.45, 7) is 6.83. The maximum atomic E-state index is 12.9. The number of rotatable bonds is 2. The summed E-state index contributed by atoms with van der Waals surface area (Å²) in [6, 6.07) is 7.25. The number of hydrogen-bond acceptors (Lipinski definition) is 5. The first-order valence-corrected chi connectivity index (χ1v) is 9.37. The Bertz CT molecular complexity index is 700. The molecular weight excluding hydrogens is 348 g/mol. The molecule has 0 radical (unpaired) electrons. The lowest BCUT2D eigenvalue weighted by Gasteiger charge is -2.39. The number of benzene rings is 1. The van der Waals surface area contributed by atoms with Gasteiger partial charge in [-0.15, -0.1) is 0 Å². The lowest BCUT2D eigenvalue weighted by Crippen LogP contribution is -2.54. The third kappa shape index (κ3) is 4.64. The summed E-state index contributed by atoms with van der Waals surface area (Å²) in [5.74, 6) is 1.09. The number of amides is 2. The summed E-state index contributed by atoms with van der Waals surface area (Å²) in [6.07, 6.45) is 0.652. The Balaban J connectivity index is 1.61. The monoisotopic (exact) mass is 376 g/mol. The first-order chi connectivity index (χ1) is 12.7. The molecule has 1 aromatic rings. The minimum absolute atomic E-state index is 0.0699. The molecule has 7 heteroatoms. The SMILES string of the molecule is CN(C(=O)[C@H]1COc2ccccc2O1)[C@@H]1CCCN(C(=O)OC(C)(C)C)C1. The van der Waals surface area contributed by atoms with Crippen molar-refractivity contribution in [3.63, 3.8) is 0 Å². The Morgan fingerprint density at radius 2 is 1.93 bits per heavy atom. The molecule has 148 valence electrons. The van der Waals surface area contributed by atoms with Crippen LogP contribution >= 0.6 is 0 Å². The zero-order valence-electron chi connectivity index (χ0n) is 16.4. The highest BCUT2D eigenvalue weighted by atomic mass is 16.6. The van der Waals surface area contributed by atoms with Crippen molar-refractivity contribution in [1.29, 1.82) is 0 Å². The molecule has 2 heterocycles. The van der Waals surface area contributed by atoms with Gasteiger partial charge in [-0.2, -0.15) is 0 Å². The smallest absolute Gasteiger partial charge is 0.410 e. The second-order valence-electron chi connectivity index (χ2n) is 8.04. The normalized spacial score (nSPS) is 22.1. The van der Waals surface area contributed by atoms with Crippen LogP contribution in [-0.2, 0) is 9.53 Å². The van der Waals surface area contributed by atoms with E-state index < -0.39 is 11.7 Å². The molecule has 0 saturated carbocycles. The van der Waals surface area contributed by atoms with Gasteiger partial charge in [0.05, 0.1) is 0 Å². The van der Waals surface area contributed by atoms with Crippen LogP contribution in [-0.4, -0.2) is 66.3 Å². The highest BCUT2D eigenvalue weighted by Crippen LogP contribution is 2.31. The van der Waals surface area contributed by atoms with E-state index in [0.717, 1.165) is 12.8 Å². The molecule has 0 unspecified atom stereocenters. The summed E-state index contributed by atoms with van der Waals surface area (Å²) >= 11 is 0. The molecule has 1 saturated heterocycles. The van der Waals surface area contributed by atoms with Crippen molar-refractivity contribution in [2.75, 3.05) is 26.7 Å². The molecule has 27 heavy (non-hydrogen) atoms. The van der Waals surface area contributed by atoms with Gasteiger partial charge in [0, 0.05) is 26.2 Å². The average Bonchev–Trinajstić information content (AvgIpc) is 2.65. The number of carbonyl (C=O) groups is 2. The summed E-state index contributed by atoms with van der Waals surface area (Å²) in [4.78, 5) is 28.6. The Morgan fingerprint density at radius 3 is 2.63 bits per heavy atom. The quantitative estimate of drug-likeness (QED) is 0.794. The van der Waals surface area contributed by atoms with Gasteiger partial charge in [-0.25, -0.2) is 4.79 Å². The molecule has 2 amide bonds. The fourth-order valence-electron chi connectivity index (χ4n) is 3.31. The fraction of sp³-hybridized carbons (Fsp3) is 0.600. The molecule has 2 aliphatic heterocycles. The summed E-state index contributed by atoms with van der Waals surface area (Å²) < 4.78 is 16.9. The number of para-hydroxylation sites is 2. The zero-order valence-corrected chi connectivity index (χ0v) is 16.4. The second-order valence-corrected chi connectivity index (χ2v) is 8.04. The van der Waals surface area contributed by atoms with E-state index in [2.05, 4.69) is 0 Å². The number of fused-ring (bicyclic) bond motifs is 1. The highest BCUT2D eigenvalue weighted by Gasteiger charge is 2.35. The highest BCUT2D eigenvalue weighted by molar-refractivity contribution is 5.82. The van der Waals surface area contributed by atoms with Gasteiger partial charge in [-0.3, -0.25) is 4.79 Å². The van der Waals surface area contributed by atoms with Gasteiger partial charge < -0.3 is 24.0 Å². The van der Waals surface area contributed by atoms with Crippen LogP contribution in [0.3, 0.4) is 0 Å². The van der Waals surface area contributed by atoms with Crippen LogP contribution in [0, 0.1) is 0 Å². The van der Waals surface area contributed by atoms with Crippen molar-refractivity contribution < 1.29 is 23.8 Å². The third-order valence-corrected chi connectivity index (χ3v) is 4.73. The molecule has 0 spiro atoms. The maximum Gasteiger partial charge on any atom is 0.410 e. The molecule has 0 aliphatic carbocycles. The number of carbonyl (C=O) groups excluding carboxylic acids is 2. The molecule has 7 nitrogen and oxygen atoms in total. The van der Waals surface area contributed by atoms with Crippen LogP contribution in [0.4, 0.5) is 4.79 Å². The first kappa shape index (κ1) is 19.3.